The molecule has 2 aromatic heterocycles. The van der Waals surface area contributed by atoms with E-state index in [0.29, 0.717) is 16.1 Å². The number of thiophene rings is 1. The molecule has 126 valence electrons. The standard InChI is InChI=1S/C19H16N2O3S/c1-11-3-5-13(6-4-11)15-12(2)25-18(16(15)19(23)24)21-17(22)14-7-9-20-10-8-14/h3-10H,1-2H3,(H,21,22)(H,23,24). The van der Waals surface area contributed by atoms with Crippen LogP contribution in [0, 0.1) is 13.8 Å². The van der Waals surface area contributed by atoms with Gasteiger partial charge in [-0.25, -0.2) is 4.79 Å². The van der Waals surface area contributed by atoms with Crippen LogP contribution in [-0.4, -0.2) is 22.0 Å². The van der Waals surface area contributed by atoms with E-state index in [4.69, 9.17) is 0 Å². The molecule has 6 heteroatoms. The second kappa shape index (κ2) is 6.86. The summed E-state index contributed by atoms with van der Waals surface area (Å²) in [6.45, 7) is 3.83. The predicted molar refractivity (Wildman–Crippen MR) is 98.4 cm³/mol. The summed E-state index contributed by atoms with van der Waals surface area (Å²) < 4.78 is 0. The van der Waals surface area contributed by atoms with Crippen LogP contribution in [0.4, 0.5) is 5.00 Å². The Hall–Kier alpha value is -2.99. The van der Waals surface area contributed by atoms with Gasteiger partial charge >= 0.3 is 5.97 Å². The van der Waals surface area contributed by atoms with Crippen molar-refractivity contribution in [3.63, 3.8) is 0 Å². The maximum absolute atomic E-state index is 12.4. The monoisotopic (exact) mass is 352 g/mol. The first kappa shape index (κ1) is 16.9. The number of carboxylic acids is 1. The zero-order valence-corrected chi connectivity index (χ0v) is 14.6. The van der Waals surface area contributed by atoms with Gasteiger partial charge in [0.15, 0.2) is 0 Å². The summed E-state index contributed by atoms with van der Waals surface area (Å²) in [5.74, 6) is -1.42. The summed E-state index contributed by atoms with van der Waals surface area (Å²) in [6.07, 6.45) is 3.04. The number of rotatable bonds is 4. The fourth-order valence-electron chi connectivity index (χ4n) is 2.58. The van der Waals surface area contributed by atoms with Gasteiger partial charge in [-0.3, -0.25) is 9.78 Å². The molecular formula is C19H16N2O3S. The minimum absolute atomic E-state index is 0.119. The molecule has 0 spiro atoms. The molecular weight excluding hydrogens is 336 g/mol. The van der Waals surface area contributed by atoms with Crippen LogP contribution in [0.2, 0.25) is 0 Å². The average molecular weight is 352 g/mol. The number of pyridine rings is 1. The second-order valence-electron chi connectivity index (χ2n) is 5.60. The van der Waals surface area contributed by atoms with Gasteiger partial charge in [0, 0.05) is 28.4 Å². The lowest BCUT2D eigenvalue weighted by Gasteiger charge is -2.06. The Labute approximate surface area is 149 Å². The SMILES string of the molecule is Cc1ccc(-c2c(C)sc(NC(=O)c3ccncc3)c2C(=O)O)cc1. The highest BCUT2D eigenvalue weighted by molar-refractivity contribution is 7.17. The fourth-order valence-corrected chi connectivity index (χ4v) is 3.65. The molecule has 25 heavy (non-hydrogen) atoms. The molecule has 0 aliphatic rings. The maximum Gasteiger partial charge on any atom is 0.339 e. The van der Waals surface area contributed by atoms with E-state index >= 15 is 0 Å². The fraction of sp³-hybridized carbons (Fsp3) is 0.105. The molecule has 0 saturated carbocycles. The normalized spacial score (nSPS) is 10.5. The number of carbonyl (C=O) groups is 2. The second-order valence-corrected chi connectivity index (χ2v) is 6.82. The van der Waals surface area contributed by atoms with Gasteiger partial charge in [0.2, 0.25) is 0 Å². The van der Waals surface area contributed by atoms with Crippen molar-refractivity contribution >= 4 is 28.2 Å². The number of amides is 1. The Morgan fingerprint density at radius 1 is 1.04 bits per heavy atom. The molecule has 0 radical (unpaired) electrons. The van der Waals surface area contributed by atoms with Crippen LogP contribution in [0.5, 0.6) is 0 Å². The van der Waals surface area contributed by atoms with E-state index < -0.39 is 5.97 Å². The number of anilines is 1. The molecule has 2 heterocycles. The quantitative estimate of drug-likeness (QED) is 0.730. The summed E-state index contributed by atoms with van der Waals surface area (Å²) in [5, 5.41) is 12.8. The van der Waals surface area contributed by atoms with E-state index in [1.165, 1.54) is 23.7 Å². The molecule has 5 nitrogen and oxygen atoms in total. The third-order valence-corrected chi connectivity index (χ3v) is 4.83. The van der Waals surface area contributed by atoms with Gasteiger partial charge in [0.25, 0.3) is 5.91 Å². The molecule has 0 fully saturated rings. The Balaban J connectivity index is 2.03. The van der Waals surface area contributed by atoms with Crippen LogP contribution in [0.25, 0.3) is 11.1 Å². The molecule has 2 N–H and O–H groups in total. The zero-order valence-electron chi connectivity index (χ0n) is 13.7. The van der Waals surface area contributed by atoms with Gasteiger partial charge in [0.1, 0.15) is 10.6 Å². The number of nitrogens with one attached hydrogen (secondary N) is 1. The molecule has 0 atom stereocenters. The van der Waals surface area contributed by atoms with Crippen molar-refractivity contribution in [3.05, 3.63) is 70.4 Å². The summed E-state index contributed by atoms with van der Waals surface area (Å²) in [6, 6.07) is 10.8. The summed E-state index contributed by atoms with van der Waals surface area (Å²) in [7, 11) is 0. The number of nitrogens with zero attached hydrogens (tertiary/aromatic N) is 1. The van der Waals surface area contributed by atoms with Gasteiger partial charge in [0.05, 0.1) is 0 Å². The molecule has 3 aromatic rings. The van der Waals surface area contributed by atoms with Crippen LogP contribution in [-0.2, 0) is 0 Å². The lowest BCUT2D eigenvalue weighted by atomic mass is 10.0. The lowest BCUT2D eigenvalue weighted by Crippen LogP contribution is -2.13. The first-order chi connectivity index (χ1) is 12.0. The number of aromatic nitrogens is 1. The van der Waals surface area contributed by atoms with E-state index in [2.05, 4.69) is 10.3 Å². The molecule has 0 saturated heterocycles. The summed E-state index contributed by atoms with van der Waals surface area (Å²) in [4.78, 5) is 28.9. The van der Waals surface area contributed by atoms with E-state index in [-0.39, 0.29) is 11.5 Å². The highest BCUT2D eigenvalue weighted by Crippen LogP contribution is 2.40. The molecule has 0 bridgehead atoms. The molecule has 1 aromatic carbocycles. The van der Waals surface area contributed by atoms with E-state index in [1.807, 2.05) is 38.1 Å². The van der Waals surface area contributed by atoms with Crippen molar-refractivity contribution in [1.82, 2.24) is 4.98 Å². The number of carboxylic acid groups (broad SMARTS) is 1. The van der Waals surface area contributed by atoms with Crippen molar-refractivity contribution in [2.45, 2.75) is 13.8 Å². The zero-order chi connectivity index (χ0) is 18.0. The minimum atomic E-state index is -1.06. The number of aromatic carboxylic acids is 1. The number of hydrogen-bond donors (Lipinski definition) is 2. The van der Waals surface area contributed by atoms with Gasteiger partial charge in [-0.1, -0.05) is 29.8 Å². The number of hydrogen-bond acceptors (Lipinski definition) is 4. The van der Waals surface area contributed by atoms with Crippen molar-refractivity contribution < 1.29 is 14.7 Å². The van der Waals surface area contributed by atoms with Crippen LogP contribution in [0.1, 0.15) is 31.2 Å². The van der Waals surface area contributed by atoms with Crippen molar-refractivity contribution in [1.29, 1.82) is 0 Å². The summed E-state index contributed by atoms with van der Waals surface area (Å²) >= 11 is 1.26. The van der Waals surface area contributed by atoms with Gasteiger partial charge in [-0.15, -0.1) is 11.3 Å². The molecule has 0 aliphatic carbocycles. The van der Waals surface area contributed by atoms with Crippen LogP contribution in [0.15, 0.2) is 48.8 Å². The summed E-state index contributed by atoms with van der Waals surface area (Å²) in [5.41, 5.74) is 3.10. The molecule has 3 rings (SSSR count). The van der Waals surface area contributed by atoms with E-state index in [9.17, 15) is 14.7 Å². The van der Waals surface area contributed by atoms with Crippen molar-refractivity contribution in [2.24, 2.45) is 0 Å². The Bertz CT molecular complexity index is 931. The van der Waals surface area contributed by atoms with E-state index in [1.54, 1.807) is 12.1 Å². The Morgan fingerprint density at radius 2 is 1.68 bits per heavy atom. The third-order valence-electron chi connectivity index (χ3n) is 3.81. The van der Waals surface area contributed by atoms with Gasteiger partial charge < -0.3 is 10.4 Å². The smallest absolute Gasteiger partial charge is 0.339 e. The van der Waals surface area contributed by atoms with Crippen molar-refractivity contribution in [3.8, 4) is 11.1 Å². The Morgan fingerprint density at radius 3 is 2.28 bits per heavy atom. The first-order valence-corrected chi connectivity index (χ1v) is 8.44. The molecule has 0 unspecified atom stereocenters. The third kappa shape index (κ3) is 3.44. The van der Waals surface area contributed by atoms with Crippen molar-refractivity contribution in [2.75, 3.05) is 5.32 Å². The predicted octanol–water partition coefficient (Wildman–Crippen LogP) is 4.38. The Kier molecular flexibility index (Phi) is 4.63. The number of benzene rings is 1. The van der Waals surface area contributed by atoms with Gasteiger partial charge in [-0.2, -0.15) is 0 Å². The van der Waals surface area contributed by atoms with Crippen LogP contribution >= 0.6 is 11.3 Å². The molecule has 0 aliphatic heterocycles. The highest BCUT2D eigenvalue weighted by atomic mass is 32.1. The maximum atomic E-state index is 12.4. The first-order valence-electron chi connectivity index (χ1n) is 7.62. The highest BCUT2D eigenvalue weighted by Gasteiger charge is 2.24. The molecule has 1 amide bonds. The number of aryl methyl sites for hydroxylation is 2. The van der Waals surface area contributed by atoms with Gasteiger partial charge in [-0.05, 0) is 31.5 Å². The lowest BCUT2D eigenvalue weighted by molar-refractivity contribution is 0.0699. The average Bonchev–Trinajstić information content (AvgIpc) is 2.92. The largest absolute Gasteiger partial charge is 0.478 e. The topological polar surface area (TPSA) is 79.3 Å². The number of carbonyl (C=O) groups excluding carboxylic acids is 1. The van der Waals surface area contributed by atoms with E-state index in [0.717, 1.165) is 16.0 Å². The minimum Gasteiger partial charge on any atom is -0.478 e. The van der Waals surface area contributed by atoms with Crippen LogP contribution < -0.4 is 5.32 Å². The van der Waals surface area contributed by atoms with Crippen LogP contribution in [0.3, 0.4) is 0 Å².